The predicted octanol–water partition coefficient (Wildman–Crippen LogP) is 1.72. The van der Waals surface area contributed by atoms with Crippen LogP contribution in [0.2, 0.25) is 0 Å². The van der Waals surface area contributed by atoms with E-state index in [4.69, 9.17) is 9.47 Å². The SMILES string of the molecule is O=C(c1ccc2c(c1)OCCO2)N1CCC(c2nc3ccncc3c(=O)[nH]2)C1. The number of nitrogens with zero attached hydrogens (tertiary/aromatic N) is 3. The zero-order valence-corrected chi connectivity index (χ0v) is 15.1. The molecule has 2 aliphatic heterocycles. The zero-order valence-electron chi connectivity index (χ0n) is 15.1. The van der Waals surface area contributed by atoms with E-state index < -0.39 is 0 Å². The molecule has 0 bridgehead atoms. The van der Waals surface area contributed by atoms with Crippen LogP contribution in [0.5, 0.6) is 11.5 Å². The number of fused-ring (bicyclic) bond motifs is 2. The van der Waals surface area contributed by atoms with Crippen molar-refractivity contribution in [3.63, 3.8) is 0 Å². The normalized spacial score (nSPS) is 18.4. The molecule has 2 aliphatic rings. The molecular formula is C20H18N4O4. The van der Waals surface area contributed by atoms with E-state index in [1.54, 1.807) is 35.4 Å². The minimum Gasteiger partial charge on any atom is -0.486 e. The van der Waals surface area contributed by atoms with Gasteiger partial charge in [-0.1, -0.05) is 0 Å². The molecule has 0 saturated carbocycles. The van der Waals surface area contributed by atoms with E-state index in [-0.39, 0.29) is 17.4 Å². The maximum atomic E-state index is 12.9. The van der Waals surface area contributed by atoms with E-state index in [0.717, 1.165) is 6.42 Å². The third-order valence-electron chi connectivity index (χ3n) is 5.18. The molecule has 3 aromatic rings. The van der Waals surface area contributed by atoms with Crippen LogP contribution in [0.3, 0.4) is 0 Å². The summed E-state index contributed by atoms with van der Waals surface area (Å²) in [6.07, 6.45) is 3.87. The molecule has 1 fully saturated rings. The summed E-state index contributed by atoms with van der Waals surface area (Å²) in [5.74, 6) is 1.80. The zero-order chi connectivity index (χ0) is 19.1. The molecular weight excluding hydrogens is 360 g/mol. The Morgan fingerprint density at radius 2 is 2.04 bits per heavy atom. The third kappa shape index (κ3) is 2.87. The van der Waals surface area contributed by atoms with Gasteiger partial charge in [0.25, 0.3) is 11.5 Å². The number of amides is 1. The number of aromatic amines is 1. The van der Waals surface area contributed by atoms with Crippen molar-refractivity contribution in [2.45, 2.75) is 12.3 Å². The third-order valence-corrected chi connectivity index (χ3v) is 5.18. The number of nitrogens with one attached hydrogen (secondary N) is 1. The second-order valence-corrected chi connectivity index (χ2v) is 6.94. The van der Waals surface area contributed by atoms with Crippen molar-refractivity contribution in [3.05, 3.63) is 58.4 Å². The predicted molar refractivity (Wildman–Crippen MR) is 101 cm³/mol. The second-order valence-electron chi connectivity index (χ2n) is 6.94. The van der Waals surface area contributed by atoms with Crippen LogP contribution in [0.25, 0.3) is 10.9 Å². The lowest BCUT2D eigenvalue weighted by atomic mass is 10.1. The Hall–Kier alpha value is -3.42. The Kier molecular flexibility index (Phi) is 3.96. The molecule has 1 atom stereocenters. The van der Waals surface area contributed by atoms with Gasteiger partial charge in [0.05, 0.1) is 10.9 Å². The van der Waals surface area contributed by atoms with Crippen LogP contribution in [0.15, 0.2) is 41.5 Å². The van der Waals surface area contributed by atoms with Gasteiger partial charge in [0, 0.05) is 37.0 Å². The highest BCUT2D eigenvalue weighted by Gasteiger charge is 2.30. The van der Waals surface area contributed by atoms with E-state index in [0.29, 0.717) is 60.1 Å². The molecule has 1 unspecified atom stereocenters. The first kappa shape index (κ1) is 16.7. The Bertz CT molecular complexity index is 1130. The molecule has 0 spiro atoms. The van der Waals surface area contributed by atoms with Crippen LogP contribution in [-0.4, -0.2) is 52.1 Å². The fourth-order valence-electron chi connectivity index (χ4n) is 3.72. The molecule has 4 heterocycles. The maximum Gasteiger partial charge on any atom is 0.260 e. The highest BCUT2D eigenvalue weighted by molar-refractivity contribution is 5.95. The number of H-pyrrole nitrogens is 1. The number of ether oxygens (including phenoxy) is 2. The largest absolute Gasteiger partial charge is 0.486 e. The Labute approximate surface area is 160 Å². The summed E-state index contributed by atoms with van der Waals surface area (Å²) in [4.78, 5) is 38.4. The van der Waals surface area contributed by atoms with E-state index in [2.05, 4.69) is 15.0 Å². The number of hydrogen-bond donors (Lipinski definition) is 1. The molecule has 1 amide bonds. The maximum absolute atomic E-state index is 12.9. The summed E-state index contributed by atoms with van der Waals surface area (Å²) in [6.45, 7) is 2.11. The van der Waals surface area contributed by atoms with Crippen molar-refractivity contribution in [3.8, 4) is 11.5 Å². The van der Waals surface area contributed by atoms with Gasteiger partial charge in [-0.25, -0.2) is 4.98 Å². The first-order valence-corrected chi connectivity index (χ1v) is 9.22. The molecule has 1 N–H and O–H groups in total. The quantitative estimate of drug-likeness (QED) is 0.729. The lowest BCUT2D eigenvalue weighted by Gasteiger charge is -2.20. The Morgan fingerprint density at radius 1 is 1.18 bits per heavy atom. The van der Waals surface area contributed by atoms with E-state index in [1.807, 2.05) is 0 Å². The smallest absolute Gasteiger partial charge is 0.260 e. The first-order valence-electron chi connectivity index (χ1n) is 9.22. The molecule has 1 saturated heterocycles. The Balaban J connectivity index is 1.37. The number of aromatic nitrogens is 3. The first-order chi connectivity index (χ1) is 13.7. The van der Waals surface area contributed by atoms with Crippen molar-refractivity contribution in [1.82, 2.24) is 19.9 Å². The summed E-state index contributed by atoms with van der Waals surface area (Å²) in [7, 11) is 0. The van der Waals surface area contributed by atoms with Crippen LogP contribution < -0.4 is 15.0 Å². The number of carbonyl (C=O) groups is 1. The van der Waals surface area contributed by atoms with Gasteiger partial charge in [-0.05, 0) is 30.7 Å². The highest BCUT2D eigenvalue weighted by atomic mass is 16.6. The standard InChI is InChI=1S/C20H18N4O4/c25-19-14-10-21-5-3-15(14)22-18(23-19)13-4-6-24(11-13)20(26)12-1-2-16-17(9-12)28-8-7-27-16/h1-3,5,9-10,13H,4,6-8,11H2,(H,22,23,25). The van der Waals surface area contributed by atoms with Gasteiger partial charge in [-0.3, -0.25) is 14.6 Å². The van der Waals surface area contributed by atoms with Gasteiger partial charge in [0.1, 0.15) is 19.0 Å². The van der Waals surface area contributed by atoms with Crippen molar-refractivity contribution in [2.75, 3.05) is 26.3 Å². The lowest BCUT2D eigenvalue weighted by Crippen LogP contribution is -2.29. The Morgan fingerprint density at radius 3 is 2.93 bits per heavy atom. The van der Waals surface area contributed by atoms with Crippen LogP contribution in [0, 0.1) is 0 Å². The summed E-state index contributed by atoms with van der Waals surface area (Å²) >= 11 is 0. The highest BCUT2D eigenvalue weighted by Crippen LogP contribution is 2.32. The average Bonchev–Trinajstić information content (AvgIpc) is 3.23. The molecule has 0 radical (unpaired) electrons. The van der Waals surface area contributed by atoms with Crippen molar-refractivity contribution >= 4 is 16.8 Å². The molecule has 0 aliphatic carbocycles. The fourth-order valence-corrected chi connectivity index (χ4v) is 3.72. The number of pyridine rings is 1. The van der Waals surface area contributed by atoms with Crippen molar-refractivity contribution < 1.29 is 14.3 Å². The van der Waals surface area contributed by atoms with Gasteiger partial charge in [-0.2, -0.15) is 0 Å². The summed E-state index contributed by atoms with van der Waals surface area (Å²) in [6, 6.07) is 6.98. The van der Waals surface area contributed by atoms with E-state index >= 15 is 0 Å². The molecule has 8 heteroatoms. The molecule has 28 heavy (non-hydrogen) atoms. The minimum atomic E-state index is -0.204. The van der Waals surface area contributed by atoms with E-state index in [9.17, 15) is 9.59 Å². The summed E-state index contributed by atoms with van der Waals surface area (Å²) in [5.41, 5.74) is 0.978. The number of likely N-dealkylation sites (tertiary alicyclic amines) is 1. The fraction of sp³-hybridized carbons (Fsp3) is 0.300. The molecule has 5 rings (SSSR count). The van der Waals surface area contributed by atoms with Crippen LogP contribution in [0.4, 0.5) is 0 Å². The van der Waals surface area contributed by atoms with Crippen LogP contribution in [0.1, 0.15) is 28.5 Å². The van der Waals surface area contributed by atoms with Crippen LogP contribution >= 0.6 is 0 Å². The molecule has 1 aromatic carbocycles. The number of benzene rings is 1. The lowest BCUT2D eigenvalue weighted by molar-refractivity contribution is 0.0789. The van der Waals surface area contributed by atoms with Gasteiger partial charge >= 0.3 is 0 Å². The van der Waals surface area contributed by atoms with Gasteiger partial charge in [0.15, 0.2) is 11.5 Å². The van der Waals surface area contributed by atoms with Gasteiger partial charge in [-0.15, -0.1) is 0 Å². The number of rotatable bonds is 2. The summed E-state index contributed by atoms with van der Waals surface area (Å²) in [5, 5.41) is 0.466. The average molecular weight is 378 g/mol. The minimum absolute atomic E-state index is 0.00794. The monoisotopic (exact) mass is 378 g/mol. The van der Waals surface area contributed by atoms with Crippen molar-refractivity contribution in [2.24, 2.45) is 0 Å². The number of hydrogen-bond acceptors (Lipinski definition) is 6. The molecule has 142 valence electrons. The van der Waals surface area contributed by atoms with Gasteiger partial charge < -0.3 is 19.4 Å². The number of carbonyl (C=O) groups excluding carboxylic acids is 1. The van der Waals surface area contributed by atoms with Crippen molar-refractivity contribution in [1.29, 1.82) is 0 Å². The molecule has 2 aromatic heterocycles. The van der Waals surface area contributed by atoms with Gasteiger partial charge in [0.2, 0.25) is 0 Å². The second kappa shape index (κ2) is 6.63. The topological polar surface area (TPSA) is 97.4 Å². The summed E-state index contributed by atoms with van der Waals surface area (Å²) < 4.78 is 11.1. The molecule has 8 nitrogen and oxygen atoms in total. The van der Waals surface area contributed by atoms with E-state index in [1.165, 1.54) is 6.20 Å². The van der Waals surface area contributed by atoms with Crippen LogP contribution in [-0.2, 0) is 0 Å².